The summed E-state index contributed by atoms with van der Waals surface area (Å²) in [5.74, 6) is -0.392. The Bertz CT molecular complexity index is 643. The fraction of sp³-hybridized carbons (Fsp3) is 0.188. The molecular formula is C16H15BrClNO2. The first kappa shape index (κ1) is 15.9. The molecule has 21 heavy (non-hydrogen) atoms. The van der Waals surface area contributed by atoms with Crippen LogP contribution in [0.15, 0.2) is 46.9 Å². The summed E-state index contributed by atoms with van der Waals surface area (Å²) >= 11 is 9.43. The number of benzene rings is 2. The Morgan fingerprint density at radius 3 is 2.52 bits per heavy atom. The molecule has 0 aliphatic carbocycles. The summed E-state index contributed by atoms with van der Waals surface area (Å²) in [7, 11) is 1.36. The highest BCUT2D eigenvalue weighted by Crippen LogP contribution is 2.27. The Morgan fingerprint density at radius 2 is 1.90 bits per heavy atom. The minimum atomic E-state index is -0.392. The maximum absolute atomic E-state index is 11.8. The number of carbonyl (C=O) groups excluding carboxylic acids is 1. The highest BCUT2D eigenvalue weighted by atomic mass is 79.9. The molecule has 0 bridgehead atoms. The van der Waals surface area contributed by atoms with E-state index < -0.39 is 5.97 Å². The van der Waals surface area contributed by atoms with Gasteiger partial charge in [0.15, 0.2) is 0 Å². The first-order valence-electron chi connectivity index (χ1n) is 6.41. The Hall–Kier alpha value is -1.52. The summed E-state index contributed by atoms with van der Waals surface area (Å²) in [6.07, 6.45) is 0. The molecule has 2 aromatic carbocycles. The molecule has 0 aliphatic rings. The fourth-order valence-electron chi connectivity index (χ4n) is 1.99. The van der Waals surface area contributed by atoms with E-state index in [1.807, 2.05) is 31.2 Å². The van der Waals surface area contributed by atoms with Crippen LogP contribution >= 0.6 is 27.5 Å². The topological polar surface area (TPSA) is 38.3 Å². The zero-order valence-corrected chi connectivity index (χ0v) is 14.0. The molecular weight excluding hydrogens is 354 g/mol. The number of rotatable bonds is 4. The van der Waals surface area contributed by atoms with Crippen molar-refractivity contribution in [1.29, 1.82) is 0 Å². The second-order valence-electron chi connectivity index (χ2n) is 4.60. The van der Waals surface area contributed by atoms with E-state index in [0.29, 0.717) is 16.3 Å². The summed E-state index contributed by atoms with van der Waals surface area (Å²) in [5.41, 5.74) is 2.23. The quantitative estimate of drug-likeness (QED) is 0.766. The van der Waals surface area contributed by atoms with Gasteiger partial charge in [0.25, 0.3) is 0 Å². The Balaban J connectivity index is 2.27. The number of hydrogen-bond acceptors (Lipinski definition) is 3. The minimum absolute atomic E-state index is 0.0278. The first-order valence-corrected chi connectivity index (χ1v) is 7.58. The third-order valence-electron chi connectivity index (χ3n) is 3.13. The van der Waals surface area contributed by atoms with Crippen molar-refractivity contribution in [2.75, 3.05) is 12.4 Å². The van der Waals surface area contributed by atoms with Gasteiger partial charge in [-0.1, -0.05) is 39.7 Å². The van der Waals surface area contributed by atoms with Gasteiger partial charge in [-0.05, 0) is 42.8 Å². The number of nitrogens with one attached hydrogen (secondary N) is 1. The molecule has 1 N–H and O–H groups in total. The molecule has 0 radical (unpaired) electrons. The van der Waals surface area contributed by atoms with Crippen LogP contribution < -0.4 is 5.32 Å². The molecule has 0 saturated heterocycles. The average molecular weight is 369 g/mol. The van der Waals surface area contributed by atoms with E-state index >= 15 is 0 Å². The second-order valence-corrected chi connectivity index (χ2v) is 5.95. The van der Waals surface area contributed by atoms with Gasteiger partial charge in [0.05, 0.1) is 18.4 Å². The number of halogens is 2. The van der Waals surface area contributed by atoms with E-state index in [2.05, 4.69) is 21.2 Å². The van der Waals surface area contributed by atoms with Crippen molar-refractivity contribution in [2.24, 2.45) is 0 Å². The van der Waals surface area contributed by atoms with Crippen molar-refractivity contribution in [1.82, 2.24) is 0 Å². The van der Waals surface area contributed by atoms with Crippen LogP contribution in [0.4, 0.5) is 5.69 Å². The van der Waals surface area contributed by atoms with Crippen LogP contribution in [0.1, 0.15) is 28.9 Å². The summed E-state index contributed by atoms with van der Waals surface area (Å²) in [6, 6.07) is 13.1. The van der Waals surface area contributed by atoms with Gasteiger partial charge in [-0.25, -0.2) is 4.79 Å². The molecule has 1 atom stereocenters. The lowest BCUT2D eigenvalue weighted by atomic mass is 10.1. The lowest BCUT2D eigenvalue weighted by molar-refractivity contribution is 0.0602. The highest BCUT2D eigenvalue weighted by Gasteiger charge is 2.14. The number of anilines is 1. The Morgan fingerprint density at radius 1 is 1.24 bits per heavy atom. The fourth-order valence-corrected chi connectivity index (χ4v) is 2.43. The average Bonchev–Trinajstić information content (AvgIpc) is 2.47. The molecule has 0 amide bonds. The number of methoxy groups -OCH3 is 1. The number of hydrogen-bond donors (Lipinski definition) is 1. The zero-order valence-electron chi connectivity index (χ0n) is 11.7. The molecule has 110 valence electrons. The van der Waals surface area contributed by atoms with E-state index in [1.54, 1.807) is 18.2 Å². The maximum Gasteiger partial charge on any atom is 0.339 e. The number of ether oxygens (including phenoxy) is 1. The second kappa shape index (κ2) is 6.96. The largest absolute Gasteiger partial charge is 0.465 e. The van der Waals surface area contributed by atoms with Crippen LogP contribution in [0.25, 0.3) is 0 Å². The van der Waals surface area contributed by atoms with E-state index in [4.69, 9.17) is 16.3 Å². The summed E-state index contributed by atoms with van der Waals surface area (Å²) < 4.78 is 5.82. The predicted octanol–water partition coefficient (Wildman–Crippen LogP) is 5.06. The normalized spacial score (nSPS) is 11.8. The first-order chi connectivity index (χ1) is 10.0. The maximum atomic E-state index is 11.8. The Labute approximate surface area is 137 Å². The molecule has 0 heterocycles. The van der Waals surface area contributed by atoms with E-state index in [-0.39, 0.29) is 6.04 Å². The minimum Gasteiger partial charge on any atom is -0.465 e. The van der Waals surface area contributed by atoms with Gasteiger partial charge in [-0.3, -0.25) is 0 Å². The summed E-state index contributed by atoms with van der Waals surface area (Å²) in [5, 5.41) is 3.86. The van der Waals surface area contributed by atoms with Crippen LogP contribution in [0.3, 0.4) is 0 Å². The van der Waals surface area contributed by atoms with Crippen molar-refractivity contribution in [3.05, 3.63) is 63.1 Å². The monoisotopic (exact) mass is 367 g/mol. The van der Waals surface area contributed by atoms with Gasteiger partial charge in [-0.15, -0.1) is 0 Å². The van der Waals surface area contributed by atoms with Crippen molar-refractivity contribution < 1.29 is 9.53 Å². The van der Waals surface area contributed by atoms with Crippen LogP contribution in [-0.4, -0.2) is 13.1 Å². The van der Waals surface area contributed by atoms with Gasteiger partial charge in [0.1, 0.15) is 0 Å². The van der Waals surface area contributed by atoms with Crippen LogP contribution in [0, 0.1) is 0 Å². The van der Waals surface area contributed by atoms with Crippen LogP contribution in [0.2, 0.25) is 5.02 Å². The lowest BCUT2D eigenvalue weighted by Crippen LogP contribution is -2.11. The van der Waals surface area contributed by atoms with Gasteiger partial charge in [-0.2, -0.15) is 0 Å². The molecule has 5 heteroatoms. The van der Waals surface area contributed by atoms with E-state index in [9.17, 15) is 4.79 Å². The van der Waals surface area contributed by atoms with Gasteiger partial charge < -0.3 is 10.1 Å². The number of carbonyl (C=O) groups is 1. The van der Waals surface area contributed by atoms with Gasteiger partial charge >= 0.3 is 5.97 Å². The van der Waals surface area contributed by atoms with Crippen LogP contribution in [0.5, 0.6) is 0 Å². The van der Waals surface area contributed by atoms with Crippen molar-refractivity contribution in [3.8, 4) is 0 Å². The van der Waals surface area contributed by atoms with Gasteiger partial charge in [0.2, 0.25) is 0 Å². The lowest BCUT2D eigenvalue weighted by Gasteiger charge is -2.18. The SMILES string of the molecule is COC(=O)c1ccc(Cl)cc1NC(C)c1ccc(Br)cc1. The third kappa shape index (κ3) is 3.99. The van der Waals surface area contributed by atoms with Crippen molar-refractivity contribution >= 4 is 39.2 Å². The third-order valence-corrected chi connectivity index (χ3v) is 3.89. The molecule has 0 spiro atoms. The summed E-state index contributed by atoms with van der Waals surface area (Å²) in [6.45, 7) is 2.02. The molecule has 3 nitrogen and oxygen atoms in total. The standard InChI is InChI=1S/C16H15BrClNO2/c1-10(11-3-5-12(17)6-4-11)19-15-9-13(18)7-8-14(15)16(20)21-2/h3-10,19H,1-2H3. The smallest absolute Gasteiger partial charge is 0.339 e. The highest BCUT2D eigenvalue weighted by molar-refractivity contribution is 9.10. The Kier molecular flexibility index (Phi) is 5.26. The van der Waals surface area contributed by atoms with E-state index in [0.717, 1.165) is 10.0 Å². The van der Waals surface area contributed by atoms with Crippen molar-refractivity contribution in [2.45, 2.75) is 13.0 Å². The molecule has 0 aromatic heterocycles. The molecule has 0 aliphatic heterocycles. The molecule has 0 saturated carbocycles. The van der Waals surface area contributed by atoms with Crippen molar-refractivity contribution in [3.63, 3.8) is 0 Å². The summed E-state index contributed by atoms with van der Waals surface area (Å²) in [4.78, 5) is 11.8. The van der Waals surface area contributed by atoms with Gasteiger partial charge in [0, 0.05) is 15.5 Å². The molecule has 1 unspecified atom stereocenters. The molecule has 0 fully saturated rings. The molecule has 2 rings (SSSR count). The number of esters is 1. The predicted molar refractivity (Wildman–Crippen MR) is 89.0 cm³/mol. The molecule has 2 aromatic rings. The van der Waals surface area contributed by atoms with E-state index in [1.165, 1.54) is 7.11 Å². The zero-order chi connectivity index (χ0) is 15.4. The van der Waals surface area contributed by atoms with Crippen LogP contribution in [-0.2, 0) is 4.74 Å².